The first-order chi connectivity index (χ1) is 12.1. The minimum absolute atomic E-state index is 0.422. The molecular weight excluding hydrogens is 336 g/mol. The molecule has 8 heteroatoms. The van der Waals surface area contributed by atoms with E-state index in [4.69, 9.17) is 10.7 Å². The van der Waals surface area contributed by atoms with Gasteiger partial charge in [0.15, 0.2) is 0 Å². The molecule has 4 rings (SSSR count). The fourth-order valence-corrected chi connectivity index (χ4v) is 3.69. The number of aryl methyl sites for hydroxylation is 1. The quantitative estimate of drug-likeness (QED) is 0.745. The molecule has 0 radical (unpaired) electrons. The maximum Gasteiger partial charge on any atom is 0.248 e. The Morgan fingerprint density at radius 2 is 2.16 bits per heavy atom. The third-order valence-corrected chi connectivity index (χ3v) is 5.27. The second-order valence-corrected chi connectivity index (χ2v) is 7.03. The van der Waals surface area contributed by atoms with Crippen LogP contribution >= 0.6 is 11.5 Å². The second-order valence-electron chi connectivity index (χ2n) is 6.19. The highest BCUT2D eigenvalue weighted by atomic mass is 32.1. The van der Waals surface area contributed by atoms with E-state index in [-0.39, 0.29) is 0 Å². The van der Waals surface area contributed by atoms with E-state index in [1.165, 1.54) is 16.4 Å². The predicted octanol–water partition coefficient (Wildman–Crippen LogP) is 1.89. The Morgan fingerprint density at radius 1 is 1.36 bits per heavy atom. The normalized spacial score (nSPS) is 14.4. The molecule has 1 aliphatic heterocycles. The number of nitrogens with zero attached hydrogens (tertiary/aromatic N) is 4. The molecule has 1 aliphatic rings. The highest BCUT2D eigenvalue weighted by Gasteiger charge is 2.22. The van der Waals surface area contributed by atoms with E-state index >= 15 is 0 Å². The molecule has 0 fully saturated rings. The summed E-state index contributed by atoms with van der Waals surface area (Å²) in [5.41, 5.74) is 10.0. The van der Waals surface area contributed by atoms with Crippen molar-refractivity contribution in [2.45, 2.75) is 26.4 Å². The van der Waals surface area contributed by atoms with Crippen LogP contribution in [-0.4, -0.2) is 36.9 Å². The van der Waals surface area contributed by atoms with Crippen molar-refractivity contribution in [3.05, 3.63) is 51.8 Å². The molecule has 0 aliphatic carbocycles. The van der Waals surface area contributed by atoms with Gasteiger partial charge in [-0.05, 0) is 30.6 Å². The fraction of sp³-hybridized carbons (Fsp3) is 0.294. The van der Waals surface area contributed by atoms with Crippen LogP contribution in [0, 0.1) is 6.92 Å². The molecule has 2 aromatic heterocycles. The Bertz CT molecular complexity index is 914. The number of amides is 1. The number of hydrogen-bond donors (Lipinski definition) is 2. The molecule has 0 bridgehead atoms. The van der Waals surface area contributed by atoms with Gasteiger partial charge >= 0.3 is 0 Å². The monoisotopic (exact) mass is 354 g/mol. The van der Waals surface area contributed by atoms with Gasteiger partial charge in [-0.15, -0.1) is 5.10 Å². The van der Waals surface area contributed by atoms with Gasteiger partial charge in [0.05, 0.1) is 22.0 Å². The van der Waals surface area contributed by atoms with Crippen LogP contribution in [-0.2, 0) is 19.5 Å². The number of carbonyl (C=O) groups excluding carboxylic acids is 1. The van der Waals surface area contributed by atoms with Crippen molar-refractivity contribution in [1.29, 1.82) is 0 Å². The molecule has 0 saturated heterocycles. The third-order valence-electron chi connectivity index (χ3n) is 4.47. The maximum absolute atomic E-state index is 11.2. The number of carbonyl (C=O) groups is 1. The first-order valence-electron chi connectivity index (χ1n) is 8.08. The largest absolute Gasteiger partial charge is 0.366 e. The van der Waals surface area contributed by atoms with E-state index in [1.807, 2.05) is 19.1 Å². The van der Waals surface area contributed by atoms with Crippen LogP contribution in [0.25, 0.3) is 11.4 Å². The summed E-state index contributed by atoms with van der Waals surface area (Å²) in [7, 11) is 0. The second kappa shape index (κ2) is 6.38. The molecule has 0 spiro atoms. The summed E-state index contributed by atoms with van der Waals surface area (Å²) in [5, 5.41) is 4.08. The van der Waals surface area contributed by atoms with Crippen LogP contribution < -0.4 is 5.73 Å². The summed E-state index contributed by atoms with van der Waals surface area (Å²) < 4.78 is 4.01. The molecule has 3 heterocycles. The summed E-state index contributed by atoms with van der Waals surface area (Å²) in [6.45, 7) is 4.66. The van der Waals surface area contributed by atoms with E-state index in [2.05, 4.69) is 19.5 Å². The molecule has 0 saturated carbocycles. The lowest BCUT2D eigenvalue weighted by Gasteiger charge is -2.25. The summed E-state index contributed by atoms with van der Waals surface area (Å²) >= 11 is 1.46. The van der Waals surface area contributed by atoms with Crippen molar-refractivity contribution in [3.8, 4) is 11.4 Å². The highest BCUT2D eigenvalue weighted by Crippen LogP contribution is 2.24. The molecule has 25 heavy (non-hydrogen) atoms. The fourth-order valence-electron chi connectivity index (χ4n) is 3.01. The minimum atomic E-state index is -0.422. The van der Waals surface area contributed by atoms with Gasteiger partial charge in [-0.25, -0.2) is 4.98 Å². The number of hydrogen-bond acceptors (Lipinski definition) is 6. The number of fused-ring (bicyclic) bond motifs is 1. The van der Waals surface area contributed by atoms with Crippen LogP contribution in [0.5, 0.6) is 0 Å². The van der Waals surface area contributed by atoms with Crippen molar-refractivity contribution < 1.29 is 4.79 Å². The Morgan fingerprint density at radius 3 is 2.84 bits per heavy atom. The Kier molecular flexibility index (Phi) is 4.06. The number of aromatic amines is 1. The Labute approximate surface area is 149 Å². The van der Waals surface area contributed by atoms with Gasteiger partial charge < -0.3 is 10.7 Å². The number of H-pyrrole nitrogens is 1. The number of benzene rings is 1. The van der Waals surface area contributed by atoms with Crippen molar-refractivity contribution >= 4 is 17.4 Å². The van der Waals surface area contributed by atoms with Crippen molar-refractivity contribution in [2.24, 2.45) is 5.73 Å². The van der Waals surface area contributed by atoms with E-state index in [0.29, 0.717) is 5.56 Å². The van der Waals surface area contributed by atoms with Crippen molar-refractivity contribution in [3.63, 3.8) is 0 Å². The van der Waals surface area contributed by atoms with Crippen LogP contribution in [0.15, 0.2) is 24.3 Å². The maximum atomic E-state index is 11.2. The van der Waals surface area contributed by atoms with Crippen molar-refractivity contribution in [2.75, 3.05) is 6.54 Å². The lowest BCUT2D eigenvalue weighted by Crippen LogP contribution is -2.30. The molecule has 3 N–H and O–H groups in total. The van der Waals surface area contributed by atoms with E-state index < -0.39 is 5.91 Å². The summed E-state index contributed by atoms with van der Waals surface area (Å²) in [6, 6.07) is 7.19. The number of imidazole rings is 1. The summed E-state index contributed by atoms with van der Waals surface area (Å²) in [5.74, 6) is 0.410. The number of primary amides is 1. The van der Waals surface area contributed by atoms with E-state index in [1.54, 1.807) is 12.1 Å². The van der Waals surface area contributed by atoms with Crippen LogP contribution in [0.3, 0.4) is 0 Å². The van der Waals surface area contributed by atoms with Crippen LogP contribution in [0.1, 0.15) is 32.3 Å². The standard InChI is InChI=1S/C17H18N6OS/c1-10-15(25-22-21-10)9-23-7-6-13-14(8-23)20-17(19-13)12-4-2-11(3-5-12)16(18)24/h2-5H,6-9H2,1H3,(H2,18,24)(H,19,20). The zero-order valence-corrected chi connectivity index (χ0v) is 14.6. The summed E-state index contributed by atoms with van der Waals surface area (Å²) in [6.07, 6.45) is 0.913. The third kappa shape index (κ3) is 3.18. The van der Waals surface area contributed by atoms with Gasteiger partial charge in [0.25, 0.3) is 0 Å². The summed E-state index contributed by atoms with van der Waals surface area (Å²) in [4.78, 5) is 22.9. The lowest BCUT2D eigenvalue weighted by molar-refractivity contribution is 0.100. The average molecular weight is 354 g/mol. The Balaban J connectivity index is 1.52. The van der Waals surface area contributed by atoms with E-state index in [9.17, 15) is 4.79 Å². The topological polar surface area (TPSA) is 101 Å². The molecule has 1 amide bonds. The molecule has 1 aromatic carbocycles. The molecule has 0 unspecified atom stereocenters. The number of nitrogens with one attached hydrogen (secondary N) is 1. The van der Waals surface area contributed by atoms with Gasteiger partial charge in [-0.1, -0.05) is 16.6 Å². The zero-order valence-electron chi connectivity index (χ0n) is 13.8. The van der Waals surface area contributed by atoms with Gasteiger partial charge in [-0.3, -0.25) is 9.69 Å². The van der Waals surface area contributed by atoms with Gasteiger partial charge in [0.1, 0.15) is 5.82 Å². The molecule has 0 atom stereocenters. The molecule has 3 aromatic rings. The first-order valence-corrected chi connectivity index (χ1v) is 8.85. The van der Waals surface area contributed by atoms with E-state index in [0.717, 1.165) is 54.5 Å². The highest BCUT2D eigenvalue weighted by molar-refractivity contribution is 7.05. The van der Waals surface area contributed by atoms with Crippen molar-refractivity contribution in [1.82, 2.24) is 24.5 Å². The Hall–Kier alpha value is -2.58. The smallest absolute Gasteiger partial charge is 0.248 e. The average Bonchev–Trinajstić information content (AvgIpc) is 3.21. The number of rotatable bonds is 4. The molecule has 7 nitrogen and oxygen atoms in total. The molecule has 128 valence electrons. The molecular formula is C17H18N6OS. The minimum Gasteiger partial charge on any atom is -0.366 e. The number of aromatic nitrogens is 4. The van der Waals surface area contributed by atoms with Gasteiger partial charge in [-0.2, -0.15) is 0 Å². The van der Waals surface area contributed by atoms with Crippen LogP contribution in [0.2, 0.25) is 0 Å². The lowest BCUT2D eigenvalue weighted by atomic mass is 10.1. The van der Waals surface area contributed by atoms with Crippen LogP contribution in [0.4, 0.5) is 0 Å². The first kappa shape index (κ1) is 15.9. The zero-order chi connectivity index (χ0) is 17.4. The predicted molar refractivity (Wildman–Crippen MR) is 95.0 cm³/mol. The SMILES string of the molecule is Cc1nnsc1CN1CCc2nc(-c3ccc(C(N)=O)cc3)[nH]c2C1. The number of nitrogens with two attached hydrogens (primary N) is 1. The van der Waals surface area contributed by atoms with Gasteiger partial charge in [0.2, 0.25) is 5.91 Å². The van der Waals surface area contributed by atoms with Gasteiger partial charge in [0, 0.05) is 37.2 Å².